The zero-order chi connectivity index (χ0) is 4.28. The van der Waals surface area contributed by atoms with Crippen LogP contribution in [0.3, 0.4) is 0 Å². The topological polar surface area (TPSA) is 20.2 Å². The number of hydrogen-bond donors (Lipinski definition) is 1. The van der Waals surface area contributed by atoms with Crippen molar-refractivity contribution >= 4 is 0 Å². The fourth-order valence-electron chi connectivity index (χ4n) is 0. The molecule has 0 atom stereocenters. The molecule has 0 amide bonds. The third-order valence-corrected chi connectivity index (χ3v) is 0.171. The molecule has 0 heterocycles. The first kappa shape index (κ1) is 4.28. The second-order valence-corrected chi connectivity index (χ2v) is 0.592. The van der Waals surface area contributed by atoms with Gasteiger partial charge in [0.05, 0.1) is 0 Å². The molecule has 5 heavy (non-hydrogen) atoms. The second kappa shape index (κ2) is 1.58. The largest absolute Gasteiger partial charge is 0.630 e. The first-order valence-corrected chi connectivity index (χ1v) is 1.13. The highest BCUT2D eigenvalue weighted by atomic mass is 16.3. The van der Waals surface area contributed by atoms with Gasteiger partial charge in [-0.1, -0.05) is 0 Å². The normalized spacial score (nSPS) is 6.40. The molecule has 0 unspecified atom stereocenters. The van der Waals surface area contributed by atoms with E-state index in [9.17, 15) is 0 Å². The molecule has 0 aromatic rings. The zero-order valence-electron chi connectivity index (χ0n) is 2.68. The lowest BCUT2D eigenvalue weighted by atomic mass is 10.6. The molecule has 1 N–H and O–H groups in total. The van der Waals surface area contributed by atoms with Crippen LogP contribution in [0, 0.1) is 13.2 Å². The summed E-state index contributed by atoms with van der Waals surface area (Å²) in [4.78, 5) is 0. The van der Waals surface area contributed by atoms with Crippen LogP contribution in [-0.2, 0) is 0 Å². The monoisotopic (exact) mass is 68.0 g/mol. The SMILES string of the molecule is [CH-]=CC(=[CH-])O. The van der Waals surface area contributed by atoms with Crippen molar-refractivity contribution in [3.05, 3.63) is 25.0 Å². The molecule has 0 saturated carbocycles. The lowest BCUT2D eigenvalue weighted by Gasteiger charge is -2.00. The van der Waals surface area contributed by atoms with Crippen molar-refractivity contribution in [3.8, 4) is 0 Å². The quantitative estimate of drug-likeness (QED) is 0.274. The van der Waals surface area contributed by atoms with E-state index in [1.54, 1.807) is 0 Å². The highest BCUT2D eigenvalue weighted by molar-refractivity contribution is 4.94. The molecule has 0 aromatic heterocycles. The smallest absolute Gasteiger partial charge is 0.217 e. The van der Waals surface area contributed by atoms with E-state index in [0.717, 1.165) is 6.08 Å². The van der Waals surface area contributed by atoms with Crippen LogP contribution in [0.25, 0.3) is 0 Å². The van der Waals surface area contributed by atoms with E-state index < -0.39 is 0 Å². The lowest BCUT2D eigenvalue weighted by molar-refractivity contribution is 0.433. The summed E-state index contributed by atoms with van der Waals surface area (Å²) in [5.41, 5.74) is 0. The third-order valence-electron chi connectivity index (χ3n) is 0.171. The highest BCUT2D eigenvalue weighted by Crippen LogP contribution is 1.74. The Balaban J connectivity index is 3.20. The molecule has 0 saturated heterocycles. The molecule has 0 bridgehead atoms. The Morgan fingerprint density at radius 1 is 1.80 bits per heavy atom. The van der Waals surface area contributed by atoms with Crippen molar-refractivity contribution in [2.45, 2.75) is 0 Å². The van der Waals surface area contributed by atoms with Gasteiger partial charge in [-0.3, -0.25) is 0 Å². The van der Waals surface area contributed by atoms with E-state index in [4.69, 9.17) is 5.11 Å². The maximum absolute atomic E-state index is 7.88. The third kappa shape index (κ3) is 3.28. The van der Waals surface area contributed by atoms with Crippen molar-refractivity contribution in [3.63, 3.8) is 0 Å². The van der Waals surface area contributed by atoms with Crippen molar-refractivity contribution < 1.29 is 5.11 Å². The summed E-state index contributed by atoms with van der Waals surface area (Å²) in [6.07, 6.45) is 0.917. The van der Waals surface area contributed by atoms with Crippen molar-refractivity contribution in [2.75, 3.05) is 0 Å². The Morgan fingerprint density at radius 3 is 2.00 bits per heavy atom. The molecule has 0 aliphatic rings. The van der Waals surface area contributed by atoms with Gasteiger partial charge in [0.1, 0.15) is 0 Å². The van der Waals surface area contributed by atoms with Gasteiger partial charge in [-0.25, -0.2) is 5.76 Å². The number of hydrogen-bond acceptors (Lipinski definition) is 1. The average Bonchev–Trinajstić information content (AvgIpc) is 1.38. The summed E-state index contributed by atoms with van der Waals surface area (Å²) in [5.74, 6) is -0.343. The zero-order valence-corrected chi connectivity index (χ0v) is 2.68. The predicted molar refractivity (Wildman–Crippen MR) is 19.3 cm³/mol. The van der Waals surface area contributed by atoms with Gasteiger partial charge in [-0.2, -0.15) is 0 Å². The molecule has 0 spiro atoms. The summed E-state index contributed by atoms with van der Waals surface area (Å²) < 4.78 is 0. The van der Waals surface area contributed by atoms with Gasteiger partial charge in [-0.05, 0) is 0 Å². The van der Waals surface area contributed by atoms with E-state index in [2.05, 4.69) is 13.2 Å². The Kier molecular flexibility index (Phi) is 1.36. The van der Waals surface area contributed by atoms with E-state index in [0.29, 0.717) is 0 Å². The fraction of sp³-hybridized carbons (Fsp3) is 0. The van der Waals surface area contributed by atoms with Crippen LogP contribution in [0.1, 0.15) is 0 Å². The number of allylic oxidation sites excluding steroid dienone is 1. The maximum atomic E-state index is 7.88. The lowest BCUT2D eigenvalue weighted by Crippen LogP contribution is -1.60. The van der Waals surface area contributed by atoms with Gasteiger partial charge in [0, 0.05) is 0 Å². The Hall–Kier alpha value is -0.720. The molecular weight excluding hydrogens is 64.0 g/mol. The minimum Gasteiger partial charge on any atom is -0.630 e. The second-order valence-electron chi connectivity index (χ2n) is 0.592. The van der Waals surface area contributed by atoms with E-state index in [1.165, 1.54) is 0 Å². The Morgan fingerprint density at radius 2 is 2.00 bits per heavy atom. The molecular formula is C4H4O-2. The van der Waals surface area contributed by atoms with Gasteiger partial charge >= 0.3 is 0 Å². The standard InChI is InChI=1S/C4H4O/c1-3-4(2)5/h1-3,5H/q-2. The molecule has 0 radical (unpaired) electrons. The summed E-state index contributed by atoms with van der Waals surface area (Å²) in [6, 6.07) is 0. The predicted octanol–water partition coefficient (Wildman–Crippen LogP) is 0.850. The van der Waals surface area contributed by atoms with Crippen LogP contribution in [0.5, 0.6) is 0 Å². The Bertz CT molecular complexity index is 54.7. The van der Waals surface area contributed by atoms with Gasteiger partial charge in [-0.15, -0.1) is 0 Å². The number of aliphatic hydroxyl groups is 1. The maximum Gasteiger partial charge on any atom is -0.217 e. The molecule has 0 aliphatic heterocycles. The van der Waals surface area contributed by atoms with Crippen molar-refractivity contribution in [1.82, 2.24) is 0 Å². The van der Waals surface area contributed by atoms with Crippen molar-refractivity contribution in [2.24, 2.45) is 0 Å². The summed E-state index contributed by atoms with van der Waals surface area (Å²) in [5, 5.41) is 7.88. The minimum absolute atomic E-state index is 0.343. The van der Waals surface area contributed by atoms with Gasteiger partial charge in [0.2, 0.25) is 0 Å². The Labute approximate surface area is 31.2 Å². The molecule has 28 valence electrons. The van der Waals surface area contributed by atoms with Gasteiger partial charge < -0.3 is 24.3 Å². The minimum atomic E-state index is -0.343. The van der Waals surface area contributed by atoms with Gasteiger partial charge in [0.25, 0.3) is 0 Å². The van der Waals surface area contributed by atoms with E-state index in [1.807, 2.05) is 0 Å². The number of aliphatic hydroxyl groups excluding tert-OH is 1. The van der Waals surface area contributed by atoms with Crippen LogP contribution in [-0.4, -0.2) is 5.11 Å². The van der Waals surface area contributed by atoms with Crippen LogP contribution in [0.15, 0.2) is 11.8 Å². The highest BCUT2D eigenvalue weighted by Gasteiger charge is 1.32. The van der Waals surface area contributed by atoms with Crippen LogP contribution in [0.4, 0.5) is 0 Å². The summed E-state index contributed by atoms with van der Waals surface area (Å²) >= 11 is 0. The molecule has 0 aromatic carbocycles. The number of rotatable bonds is 1. The van der Waals surface area contributed by atoms with E-state index in [-0.39, 0.29) is 5.76 Å². The van der Waals surface area contributed by atoms with Crippen molar-refractivity contribution in [1.29, 1.82) is 0 Å². The molecule has 1 nitrogen and oxygen atoms in total. The first-order valence-electron chi connectivity index (χ1n) is 1.13. The van der Waals surface area contributed by atoms with E-state index >= 15 is 0 Å². The fourth-order valence-corrected chi connectivity index (χ4v) is 0. The summed E-state index contributed by atoms with van der Waals surface area (Å²) in [7, 11) is 0. The van der Waals surface area contributed by atoms with Gasteiger partial charge in [0.15, 0.2) is 0 Å². The van der Waals surface area contributed by atoms with Crippen LogP contribution < -0.4 is 0 Å². The average molecular weight is 68.1 g/mol. The molecule has 0 rings (SSSR count). The molecule has 1 heteroatoms. The van der Waals surface area contributed by atoms with Crippen LogP contribution in [0.2, 0.25) is 0 Å². The first-order chi connectivity index (χ1) is 2.27. The summed E-state index contributed by atoms with van der Waals surface area (Å²) in [6.45, 7) is 9.22. The van der Waals surface area contributed by atoms with Crippen LogP contribution >= 0.6 is 0 Å². The molecule has 0 fully saturated rings. The molecule has 0 aliphatic carbocycles.